The van der Waals surface area contributed by atoms with Crippen LogP contribution in [0.4, 0.5) is 0 Å². The van der Waals surface area contributed by atoms with Gasteiger partial charge in [-0.05, 0) is 67.6 Å². The van der Waals surface area contributed by atoms with E-state index < -0.39 is 22.1 Å². The first-order valence-electron chi connectivity index (χ1n) is 13.6. The molecule has 0 unspecified atom stereocenters. The van der Waals surface area contributed by atoms with E-state index in [-0.39, 0.29) is 16.2 Å². The summed E-state index contributed by atoms with van der Waals surface area (Å²) in [7, 11) is -3.67. The molecule has 0 saturated carbocycles. The lowest BCUT2D eigenvalue weighted by atomic mass is 10.0. The Morgan fingerprint density at radius 1 is 1.02 bits per heavy atom. The number of ether oxygens (including phenoxy) is 1. The number of hydrogen-bond donors (Lipinski definition) is 6. The van der Waals surface area contributed by atoms with Gasteiger partial charge in [0.2, 0.25) is 15.6 Å². The first-order valence-corrected chi connectivity index (χ1v) is 15.2. The van der Waals surface area contributed by atoms with E-state index >= 15 is 0 Å². The van der Waals surface area contributed by atoms with Crippen molar-refractivity contribution in [1.29, 1.82) is 0 Å². The van der Waals surface area contributed by atoms with Crippen LogP contribution in [0.2, 0.25) is 0 Å². The van der Waals surface area contributed by atoms with Gasteiger partial charge in [0, 0.05) is 38.1 Å². The van der Waals surface area contributed by atoms with Gasteiger partial charge in [0.25, 0.3) is 5.97 Å². The predicted molar refractivity (Wildman–Crippen MR) is 157 cm³/mol. The third kappa shape index (κ3) is 12.8. The number of pyridine rings is 1. The molecule has 0 radical (unpaired) electrons. The minimum Gasteiger partial charge on any atom is -0.506 e. The third-order valence-corrected chi connectivity index (χ3v) is 7.14. The van der Waals surface area contributed by atoms with Crippen molar-refractivity contribution in [3.05, 3.63) is 70.0 Å². The summed E-state index contributed by atoms with van der Waals surface area (Å²) in [5.41, 5.74) is 1.63. The standard InChI is InChI=1S/C27H37N3O6S.C2H4O2/c28-37(34,35)21-10-6-8-20(18-21)9-7-17-36-16-5-3-1-2-4-15-29-19-25(32)22-11-13-24(31)27-23(22)12-14-26(33)30-27;1-2(3)4/h6,8,10-14,18,25,29,31-32H,1-5,7,9,15-17,19H2,(H,30,33)(H2,28,34,35);1H3,(H,3,4)/t25-;/m0./s1. The fraction of sp³-hybridized carbons (Fsp3) is 0.448. The number of sulfonamides is 1. The number of aromatic hydroxyl groups is 1. The molecule has 226 valence electrons. The monoisotopic (exact) mass is 591 g/mol. The van der Waals surface area contributed by atoms with Crippen molar-refractivity contribution in [2.45, 2.75) is 62.9 Å². The smallest absolute Gasteiger partial charge is 0.300 e. The molecule has 1 atom stereocenters. The molecular weight excluding hydrogens is 550 g/mol. The van der Waals surface area contributed by atoms with Gasteiger partial charge in [-0.1, -0.05) is 37.5 Å². The van der Waals surface area contributed by atoms with Crippen LogP contribution >= 0.6 is 0 Å². The fourth-order valence-electron chi connectivity index (χ4n) is 4.24. The molecule has 0 aliphatic heterocycles. The second-order valence-electron chi connectivity index (χ2n) is 9.70. The zero-order valence-corrected chi connectivity index (χ0v) is 24.2. The normalized spacial score (nSPS) is 12.1. The highest BCUT2D eigenvalue weighted by atomic mass is 32.2. The number of nitrogens with two attached hydrogens (primary N) is 1. The molecule has 2 aromatic carbocycles. The Kier molecular flexibility index (Phi) is 14.5. The minimum atomic E-state index is -3.67. The van der Waals surface area contributed by atoms with Crippen LogP contribution in [0.15, 0.2) is 58.2 Å². The number of aliphatic hydroxyl groups is 1. The number of aromatic amines is 1. The van der Waals surface area contributed by atoms with Gasteiger partial charge in [0.05, 0.1) is 16.5 Å². The zero-order valence-electron chi connectivity index (χ0n) is 23.3. The Bertz CT molecular complexity index is 1400. The second kappa shape index (κ2) is 17.5. The average Bonchev–Trinajstić information content (AvgIpc) is 2.91. The summed E-state index contributed by atoms with van der Waals surface area (Å²) in [5, 5.41) is 37.0. The zero-order chi connectivity index (χ0) is 30.3. The summed E-state index contributed by atoms with van der Waals surface area (Å²) >= 11 is 0. The quantitative estimate of drug-likeness (QED) is 0.136. The van der Waals surface area contributed by atoms with Crippen molar-refractivity contribution in [3.63, 3.8) is 0 Å². The van der Waals surface area contributed by atoms with Crippen molar-refractivity contribution in [2.75, 3.05) is 26.3 Å². The summed E-state index contributed by atoms with van der Waals surface area (Å²) in [6, 6.07) is 12.9. The van der Waals surface area contributed by atoms with Gasteiger partial charge in [0.15, 0.2) is 0 Å². The summed E-state index contributed by atoms with van der Waals surface area (Å²) in [6.07, 6.45) is 6.13. The van der Waals surface area contributed by atoms with Crippen LogP contribution in [0.1, 0.15) is 62.7 Å². The van der Waals surface area contributed by atoms with E-state index in [4.69, 9.17) is 19.8 Å². The van der Waals surface area contributed by atoms with Crippen LogP contribution in [-0.4, -0.2) is 61.0 Å². The number of aliphatic carboxylic acids is 1. The Labute approximate surface area is 240 Å². The number of hydrogen-bond acceptors (Lipinski definition) is 8. The molecule has 0 bridgehead atoms. The molecule has 1 heterocycles. The maximum Gasteiger partial charge on any atom is 0.300 e. The van der Waals surface area contributed by atoms with Crippen LogP contribution < -0.4 is 16.0 Å². The molecule has 1 aromatic heterocycles. The molecule has 11 nitrogen and oxygen atoms in total. The van der Waals surface area contributed by atoms with Crippen LogP contribution in [-0.2, 0) is 26.0 Å². The molecular formula is C29H41N3O8S. The van der Waals surface area contributed by atoms with Gasteiger partial charge in [-0.25, -0.2) is 13.6 Å². The Morgan fingerprint density at radius 2 is 1.71 bits per heavy atom. The number of aliphatic hydroxyl groups excluding tert-OH is 1. The number of nitrogens with one attached hydrogen (secondary N) is 2. The van der Waals surface area contributed by atoms with Gasteiger partial charge < -0.3 is 30.4 Å². The molecule has 3 aromatic rings. The Hall–Kier alpha value is -3.29. The molecule has 7 N–H and O–H groups in total. The number of phenols is 1. The predicted octanol–water partition coefficient (Wildman–Crippen LogP) is 3.19. The van der Waals surface area contributed by atoms with Crippen molar-refractivity contribution in [2.24, 2.45) is 5.14 Å². The van der Waals surface area contributed by atoms with Crippen LogP contribution in [0.25, 0.3) is 10.9 Å². The van der Waals surface area contributed by atoms with Gasteiger partial charge in [0.1, 0.15) is 5.75 Å². The molecule has 0 spiro atoms. The largest absolute Gasteiger partial charge is 0.506 e. The number of unbranched alkanes of at least 4 members (excludes halogenated alkanes) is 4. The second-order valence-corrected chi connectivity index (χ2v) is 11.3. The van der Waals surface area contributed by atoms with E-state index in [2.05, 4.69) is 10.3 Å². The number of phenolic OH excluding ortho intramolecular Hbond substituents is 1. The van der Waals surface area contributed by atoms with E-state index in [1.807, 2.05) is 6.07 Å². The molecule has 0 aliphatic carbocycles. The first-order chi connectivity index (χ1) is 19.5. The van der Waals surface area contributed by atoms with E-state index in [9.17, 15) is 23.4 Å². The summed E-state index contributed by atoms with van der Waals surface area (Å²) in [5.74, 6) is -0.852. The number of aryl methyl sites for hydroxylation is 1. The molecule has 3 rings (SSSR count). The molecule has 12 heteroatoms. The number of primary sulfonamides is 1. The summed E-state index contributed by atoms with van der Waals surface area (Å²) < 4.78 is 28.5. The van der Waals surface area contributed by atoms with Gasteiger partial charge in [-0.2, -0.15) is 0 Å². The molecule has 41 heavy (non-hydrogen) atoms. The highest BCUT2D eigenvalue weighted by Crippen LogP contribution is 2.28. The van der Waals surface area contributed by atoms with Crippen molar-refractivity contribution >= 4 is 26.9 Å². The highest BCUT2D eigenvalue weighted by molar-refractivity contribution is 7.89. The number of H-pyrrole nitrogens is 1. The molecule has 0 fully saturated rings. The van der Waals surface area contributed by atoms with E-state index in [0.717, 1.165) is 64.0 Å². The average molecular weight is 592 g/mol. The third-order valence-electron chi connectivity index (χ3n) is 6.23. The van der Waals surface area contributed by atoms with Crippen molar-refractivity contribution in [3.8, 4) is 5.75 Å². The summed E-state index contributed by atoms with van der Waals surface area (Å²) in [4.78, 5) is 23.3. The highest BCUT2D eigenvalue weighted by Gasteiger charge is 2.13. The summed E-state index contributed by atoms with van der Waals surface area (Å²) in [6.45, 7) is 3.62. The number of carboxylic acid groups (broad SMARTS) is 1. The van der Waals surface area contributed by atoms with Gasteiger partial charge >= 0.3 is 0 Å². The topological polar surface area (TPSA) is 192 Å². The first kappa shape index (κ1) is 33.9. The van der Waals surface area contributed by atoms with Crippen LogP contribution in [0.5, 0.6) is 5.75 Å². The molecule has 0 amide bonds. The molecule has 0 saturated heterocycles. The van der Waals surface area contributed by atoms with E-state index in [0.29, 0.717) is 36.2 Å². The van der Waals surface area contributed by atoms with E-state index in [1.165, 1.54) is 18.2 Å². The minimum absolute atomic E-state index is 0.0184. The Balaban J connectivity index is 0.00000138. The van der Waals surface area contributed by atoms with Crippen LogP contribution in [0, 0.1) is 0 Å². The van der Waals surface area contributed by atoms with Crippen molar-refractivity contribution in [1.82, 2.24) is 10.3 Å². The number of carbonyl (C=O) groups is 1. The number of rotatable bonds is 16. The number of aromatic nitrogens is 1. The van der Waals surface area contributed by atoms with Gasteiger partial charge in [-0.3, -0.25) is 9.59 Å². The maximum absolute atomic E-state index is 11.5. The lowest BCUT2D eigenvalue weighted by Gasteiger charge is -2.15. The maximum atomic E-state index is 11.5. The number of fused-ring (bicyclic) bond motifs is 1. The number of benzene rings is 2. The number of carboxylic acids is 1. The Morgan fingerprint density at radius 3 is 2.44 bits per heavy atom. The SMILES string of the molecule is CC(=O)O.NS(=O)(=O)c1cccc(CCCOCCCCCCCNC[C@H](O)c2ccc(O)c3[nH]c(=O)ccc23)c1. The van der Waals surface area contributed by atoms with E-state index in [1.54, 1.807) is 24.3 Å². The molecule has 0 aliphatic rings. The lowest BCUT2D eigenvalue weighted by molar-refractivity contribution is -0.134. The van der Waals surface area contributed by atoms with Gasteiger partial charge in [-0.15, -0.1) is 0 Å². The lowest BCUT2D eigenvalue weighted by Crippen LogP contribution is -2.22. The fourth-order valence-corrected chi connectivity index (χ4v) is 4.82. The van der Waals surface area contributed by atoms with Crippen LogP contribution in [0.3, 0.4) is 0 Å². The van der Waals surface area contributed by atoms with Crippen molar-refractivity contribution < 1.29 is 33.3 Å².